The minimum absolute atomic E-state index is 0.0964. The molecule has 2 N–H and O–H groups in total. The number of aryl methyl sites for hydroxylation is 2. The Bertz CT molecular complexity index is 563. The van der Waals surface area contributed by atoms with Gasteiger partial charge in [-0.3, -0.25) is 19.6 Å². The van der Waals surface area contributed by atoms with Crippen LogP contribution in [0.2, 0.25) is 0 Å². The number of carboxylic acid groups (broad SMARTS) is 1. The number of amides is 1. The largest absolute Gasteiger partial charge is 0.480 e. The molecule has 0 saturated heterocycles. The highest BCUT2D eigenvalue weighted by Crippen LogP contribution is 2.22. The van der Waals surface area contributed by atoms with Crippen LogP contribution in [0, 0.1) is 23.0 Å². The summed E-state index contributed by atoms with van der Waals surface area (Å²) in [5, 5.41) is 26.1. The zero-order valence-corrected chi connectivity index (χ0v) is 11.6. The number of carbonyl (C=O) groups excluding carboxylic acids is 1. The van der Waals surface area contributed by atoms with Crippen LogP contribution < -0.4 is 5.32 Å². The molecule has 0 aliphatic carbocycles. The summed E-state index contributed by atoms with van der Waals surface area (Å²) in [6.07, 6.45) is 0. The number of rotatable bonds is 5. The van der Waals surface area contributed by atoms with Crippen molar-refractivity contribution in [3.63, 3.8) is 0 Å². The maximum absolute atomic E-state index is 12.1. The molecule has 0 bridgehead atoms. The molecule has 0 aliphatic rings. The van der Waals surface area contributed by atoms with Gasteiger partial charge in [0.2, 0.25) is 5.69 Å². The van der Waals surface area contributed by atoms with E-state index in [1.165, 1.54) is 14.0 Å². The van der Waals surface area contributed by atoms with Gasteiger partial charge in [0.05, 0.1) is 4.92 Å². The van der Waals surface area contributed by atoms with E-state index in [2.05, 4.69) is 10.4 Å². The normalized spacial score (nSPS) is 12.2. The fourth-order valence-electron chi connectivity index (χ4n) is 1.84. The number of carboxylic acids is 1. The molecule has 9 nitrogen and oxygen atoms in total. The predicted molar refractivity (Wildman–Crippen MR) is 68.3 cm³/mol. The standard InChI is InChI=1S/C11H16N4O5/c1-5(2)7(11(17)18)12-10(16)9-8(15(19)20)6(3)13-14(9)4/h5,7H,1-4H3,(H,12,16)(H,17,18)/t7-/m1/s1. The maximum atomic E-state index is 12.1. The Morgan fingerprint density at radius 2 is 2.00 bits per heavy atom. The van der Waals surface area contributed by atoms with Gasteiger partial charge in [0, 0.05) is 7.05 Å². The van der Waals surface area contributed by atoms with Crippen LogP contribution >= 0.6 is 0 Å². The van der Waals surface area contributed by atoms with Crippen molar-refractivity contribution in [2.24, 2.45) is 13.0 Å². The number of aromatic nitrogens is 2. The van der Waals surface area contributed by atoms with E-state index in [1.54, 1.807) is 13.8 Å². The van der Waals surface area contributed by atoms with E-state index in [9.17, 15) is 19.7 Å². The molecular formula is C11H16N4O5. The number of nitrogens with one attached hydrogen (secondary N) is 1. The lowest BCUT2D eigenvalue weighted by molar-refractivity contribution is -0.385. The number of carbonyl (C=O) groups is 2. The fraction of sp³-hybridized carbons (Fsp3) is 0.545. The summed E-state index contributed by atoms with van der Waals surface area (Å²) in [6.45, 7) is 4.66. The molecule has 1 heterocycles. The van der Waals surface area contributed by atoms with Gasteiger partial charge in [-0.2, -0.15) is 5.10 Å². The zero-order valence-electron chi connectivity index (χ0n) is 11.6. The van der Waals surface area contributed by atoms with Crippen LogP contribution in [0.4, 0.5) is 5.69 Å². The van der Waals surface area contributed by atoms with Gasteiger partial charge in [0.25, 0.3) is 5.91 Å². The second-order valence-electron chi connectivity index (χ2n) is 4.70. The van der Waals surface area contributed by atoms with Crippen molar-refractivity contribution in [3.8, 4) is 0 Å². The monoisotopic (exact) mass is 284 g/mol. The molecule has 9 heteroatoms. The Morgan fingerprint density at radius 3 is 2.40 bits per heavy atom. The van der Waals surface area contributed by atoms with Gasteiger partial charge in [0.1, 0.15) is 11.7 Å². The highest BCUT2D eigenvalue weighted by molar-refractivity contribution is 5.98. The van der Waals surface area contributed by atoms with Gasteiger partial charge in [-0.05, 0) is 12.8 Å². The molecule has 0 spiro atoms. The fourth-order valence-corrected chi connectivity index (χ4v) is 1.84. The number of nitro groups is 1. The molecule has 1 amide bonds. The number of hydrogen-bond acceptors (Lipinski definition) is 5. The van der Waals surface area contributed by atoms with Crippen LogP contribution in [-0.4, -0.2) is 37.7 Å². The summed E-state index contributed by atoms with van der Waals surface area (Å²) >= 11 is 0. The molecule has 1 aromatic heterocycles. The van der Waals surface area contributed by atoms with E-state index < -0.39 is 28.5 Å². The summed E-state index contributed by atoms with van der Waals surface area (Å²) in [6, 6.07) is -1.13. The van der Waals surface area contributed by atoms with Gasteiger partial charge in [-0.25, -0.2) is 4.79 Å². The topological polar surface area (TPSA) is 127 Å². The van der Waals surface area contributed by atoms with E-state index in [4.69, 9.17) is 5.11 Å². The number of nitrogens with zero attached hydrogens (tertiary/aromatic N) is 3. The Kier molecular flexibility index (Phi) is 4.43. The van der Waals surface area contributed by atoms with Gasteiger partial charge < -0.3 is 10.4 Å². The van der Waals surface area contributed by atoms with Gasteiger partial charge in [-0.1, -0.05) is 13.8 Å². The molecule has 20 heavy (non-hydrogen) atoms. The molecule has 0 saturated carbocycles. The van der Waals surface area contributed by atoms with E-state index in [-0.39, 0.29) is 17.3 Å². The molecule has 110 valence electrons. The molecule has 0 aliphatic heterocycles. The van der Waals surface area contributed by atoms with E-state index in [0.717, 1.165) is 4.68 Å². The molecule has 0 aromatic carbocycles. The van der Waals surface area contributed by atoms with Crippen LogP contribution in [0.1, 0.15) is 30.0 Å². The van der Waals surface area contributed by atoms with Crippen LogP contribution in [0.15, 0.2) is 0 Å². The third kappa shape index (κ3) is 2.92. The first-order valence-corrected chi connectivity index (χ1v) is 5.88. The van der Waals surface area contributed by atoms with Crippen molar-refractivity contribution in [2.75, 3.05) is 0 Å². The minimum Gasteiger partial charge on any atom is -0.480 e. The third-order valence-corrected chi connectivity index (χ3v) is 2.81. The highest BCUT2D eigenvalue weighted by atomic mass is 16.6. The van der Waals surface area contributed by atoms with E-state index in [0.29, 0.717) is 0 Å². The first-order valence-electron chi connectivity index (χ1n) is 5.88. The van der Waals surface area contributed by atoms with Crippen LogP contribution in [-0.2, 0) is 11.8 Å². The molecular weight excluding hydrogens is 268 g/mol. The number of aliphatic carboxylic acids is 1. The summed E-state index contributed by atoms with van der Waals surface area (Å²) in [5.74, 6) is -2.39. The van der Waals surface area contributed by atoms with Gasteiger partial charge in [-0.15, -0.1) is 0 Å². The average molecular weight is 284 g/mol. The molecule has 1 aromatic rings. The lowest BCUT2D eigenvalue weighted by Gasteiger charge is -2.17. The third-order valence-electron chi connectivity index (χ3n) is 2.81. The Balaban J connectivity index is 3.16. The van der Waals surface area contributed by atoms with Crippen molar-refractivity contribution in [2.45, 2.75) is 26.8 Å². The van der Waals surface area contributed by atoms with Crippen molar-refractivity contribution >= 4 is 17.6 Å². The molecule has 0 unspecified atom stereocenters. The summed E-state index contributed by atoms with van der Waals surface area (Å²) < 4.78 is 1.07. The second-order valence-corrected chi connectivity index (χ2v) is 4.70. The molecule has 1 rings (SSSR count). The molecule has 1 atom stereocenters. The smallest absolute Gasteiger partial charge is 0.326 e. The zero-order chi connectivity index (χ0) is 15.6. The van der Waals surface area contributed by atoms with Gasteiger partial charge >= 0.3 is 11.7 Å². The first kappa shape index (κ1) is 15.6. The van der Waals surface area contributed by atoms with Crippen LogP contribution in [0.25, 0.3) is 0 Å². The average Bonchev–Trinajstić information content (AvgIpc) is 2.59. The van der Waals surface area contributed by atoms with Crippen molar-refractivity contribution in [1.29, 1.82) is 0 Å². The Morgan fingerprint density at radius 1 is 1.45 bits per heavy atom. The molecule has 0 radical (unpaired) electrons. The molecule has 0 fully saturated rings. The first-order chi connectivity index (χ1) is 9.16. The Hall–Kier alpha value is -2.45. The Labute approximate surface area is 114 Å². The maximum Gasteiger partial charge on any atom is 0.326 e. The lowest BCUT2D eigenvalue weighted by atomic mass is 10.0. The number of hydrogen-bond donors (Lipinski definition) is 2. The quantitative estimate of drug-likeness (QED) is 0.597. The van der Waals surface area contributed by atoms with Crippen LogP contribution in [0.3, 0.4) is 0 Å². The van der Waals surface area contributed by atoms with Crippen molar-refractivity contribution < 1.29 is 19.6 Å². The van der Waals surface area contributed by atoms with E-state index in [1.807, 2.05) is 0 Å². The SMILES string of the molecule is Cc1nn(C)c(C(=O)N[C@@H](C(=O)O)C(C)C)c1[N+](=O)[O-]. The van der Waals surface area contributed by atoms with Crippen molar-refractivity contribution in [3.05, 3.63) is 21.5 Å². The summed E-state index contributed by atoms with van der Waals surface area (Å²) in [4.78, 5) is 33.4. The van der Waals surface area contributed by atoms with Crippen molar-refractivity contribution in [1.82, 2.24) is 15.1 Å². The van der Waals surface area contributed by atoms with E-state index >= 15 is 0 Å². The predicted octanol–water partition coefficient (Wildman–Crippen LogP) is 0.476. The lowest BCUT2D eigenvalue weighted by Crippen LogP contribution is -2.45. The van der Waals surface area contributed by atoms with Gasteiger partial charge in [0.15, 0.2) is 0 Å². The van der Waals surface area contributed by atoms with Crippen LogP contribution in [0.5, 0.6) is 0 Å². The second kappa shape index (κ2) is 5.68. The summed E-state index contributed by atoms with van der Waals surface area (Å²) in [5.41, 5.74) is -0.587. The minimum atomic E-state index is -1.20. The highest BCUT2D eigenvalue weighted by Gasteiger charge is 2.32. The summed E-state index contributed by atoms with van der Waals surface area (Å²) in [7, 11) is 1.39.